The number of amides is 1. The van der Waals surface area contributed by atoms with Gasteiger partial charge in [0, 0.05) is 5.92 Å². The molecule has 1 unspecified atom stereocenters. The topological polar surface area (TPSA) is 85.4 Å². The standard InChI is InChI=1S/C20H27N3O2S2/c1-12(2)15-9-8-14-6-5-7-16(14)17(15)10-18(24)23-27(21,25)19-11-22-20(26-19)13(3)4/h8-9,11-13H,5-7,10H2,1-4H3,(H2,21,23,24,25). The number of fused-ring (bicyclic) bond motifs is 1. The normalized spacial score (nSPS) is 15.8. The second kappa shape index (κ2) is 7.81. The summed E-state index contributed by atoms with van der Waals surface area (Å²) < 4.78 is 17.1. The number of carbonyl (C=O) groups excluding carboxylic acids is 1. The lowest BCUT2D eigenvalue weighted by atomic mass is 9.89. The van der Waals surface area contributed by atoms with E-state index in [1.165, 1.54) is 34.2 Å². The average Bonchev–Trinajstić information content (AvgIpc) is 3.24. The van der Waals surface area contributed by atoms with Gasteiger partial charge in [-0.2, -0.15) is 0 Å². The predicted octanol–water partition coefficient (Wildman–Crippen LogP) is 4.35. The van der Waals surface area contributed by atoms with E-state index in [0.717, 1.165) is 29.8 Å². The maximum absolute atomic E-state index is 12.8. The van der Waals surface area contributed by atoms with E-state index in [-0.39, 0.29) is 12.3 Å². The zero-order valence-electron chi connectivity index (χ0n) is 16.3. The molecule has 27 heavy (non-hydrogen) atoms. The van der Waals surface area contributed by atoms with Crippen LogP contribution in [0.1, 0.15) is 73.2 Å². The van der Waals surface area contributed by atoms with Crippen molar-refractivity contribution in [1.29, 1.82) is 0 Å². The van der Waals surface area contributed by atoms with Gasteiger partial charge >= 0.3 is 0 Å². The molecule has 1 aliphatic rings. The van der Waals surface area contributed by atoms with Crippen LogP contribution in [0.3, 0.4) is 0 Å². The number of thiazole rings is 1. The van der Waals surface area contributed by atoms with Crippen LogP contribution in [0.15, 0.2) is 26.9 Å². The largest absolute Gasteiger partial charge is 0.272 e. The van der Waals surface area contributed by atoms with E-state index in [9.17, 15) is 9.00 Å². The Morgan fingerprint density at radius 1 is 1.26 bits per heavy atom. The Labute approximate surface area is 165 Å². The van der Waals surface area contributed by atoms with Gasteiger partial charge in [0.2, 0.25) is 0 Å². The molecule has 1 aliphatic carbocycles. The molecule has 1 atom stereocenters. The first-order valence-electron chi connectivity index (χ1n) is 9.36. The van der Waals surface area contributed by atoms with Gasteiger partial charge in [-0.05, 0) is 47.4 Å². The molecule has 1 amide bonds. The third-order valence-corrected chi connectivity index (χ3v) is 8.13. The molecule has 0 aliphatic heterocycles. The fraction of sp³-hybridized carbons (Fsp3) is 0.500. The Morgan fingerprint density at radius 3 is 2.63 bits per heavy atom. The third kappa shape index (κ3) is 4.31. The van der Waals surface area contributed by atoms with Crippen LogP contribution in [0.25, 0.3) is 0 Å². The Hall–Kier alpha value is -1.57. The lowest BCUT2D eigenvalue weighted by molar-refractivity contribution is -0.117. The van der Waals surface area contributed by atoms with Crippen molar-refractivity contribution >= 4 is 27.2 Å². The molecule has 5 nitrogen and oxygen atoms in total. The summed E-state index contributed by atoms with van der Waals surface area (Å²) in [6.45, 7) is 8.26. The maximum atomic E-state index is 12.8. The Balaban J connectivity index is 1.92. The lowest BCUT2D eigenvalue weighted by Gasteiger charge is -2.16. The number of aryl methyl sites for hydroxylation is 1. The number of carbonyl (C=O) groups is 1. The van der Waals surface area contributed by atoms with Gasteiger partial charge in [-0.1, -0.05) is 39.8 Å². The van der Waals surface area contributed by atoms with Crippen LogP contribution >= 0.6 is 11.3 Å². The molecular formula is C20H27N3O2S2. The van der Waals surface area contributed by atoms with Gasteiger partial charge in [-0.15, -0.1) is 15.7 Å². The minimum absolute atomic E-state index is 0.153. The first-order valence-corrected chi connectivity index (χ1v) is 11.8. The molecule has 0 bridgehead atoms. The summed E-state index contributed by atoms with van der Waals surface area (Å²) in [6.07, 6.45) is 4.79. The van der Waals surface area contributed by atoms with Crippen LogP contribution < -0.4 is 5.14 Å². The number of rotatable bonds is 5. The molecule has 0 spiro atoms. The molecule has 3 rings (SSSR count). The molecule has 1 heterocycles. The van der Waals surface area contributed by atoms with E-state index in [1.54, 1.807) is 0 Å². The second-order valence-electron chi connectivity index (χ2n) is 7.68. The number of nitrogens with two attached hydrogens (primary N) is 1. The number of benzene rings is 1. The number of hydrogen-bond acceptors (Lipinski definition) is 4. The highest BCUT2D eigenvalue weighted by Gasteiger charge is 2.22. The van der Waals surface area contributed by atoms with E-state index < -0.39 is 15.8 Å². The summed E-state index contributed by atoms with van der Waals surface area (Å²) in [7, 11) is -3.26. The molecular weight excluding hydrogens is 378 g/mol. The summed E-state index contributed by atoms with van der Waals surface area (Å²) in [4.78, 5) is 16.9. The van der Waals surface area contributed by atoms with Crippen molar-refractivity contribution in [2.45, 2.75) is 69.4 Å². The fourth-order valence-corrected chi connectivity index (χ4v) is 5.72. The van der Waals surface area contributed by atoms with Gasteiger partial charge in [-0.3, -0.25) is 4.79 Å². The third-order valence-electron chi connectivity index (χ3n) is 4.91. The quantitative estimate of drug-likeness (QED) is 0.802. The van der Waals surface area contributed by atoms with Gasteiger partial charge in [0.15, 0.2) is 9.92 Å². The second-order valence-corrected chi connectivity index (χ2v) is 10.8. The van der Waals surface area contributed by atoms with E-state index in [0.29, 0.717) is 10.1 Å². The zero-order chi connectivity index (χ0) is 19.8. The molecule has 1 aromatic carbocycles. The molecule has 0 radical (unpaired) electrons. The van der Waals surface area contributed by atoms with Crippen molar-refractivity contribution in [1.82, 2.24) is 4.98 Å². The first kappa shape index (κ1) is 20.2. The lowest BCUT2D eigenvalue weighted by Crippen LogP contribution is -2.16. The van der Waals surface area contributed by atoms with Crippen molar-refractivity contribution in [2.24, 2.45) is 9.50 Å². The van der Waals surface area contributed by atoms with Gasteiger partial charge < -0.3 is 0 Å². The molecule has 2 N–H and O–H groups in total. The van der Waals surface area contributed by atoms with E-state index in [1.807, 2.05) is 13.8 Å². The van der Waals surface area contributed by atoms with Crippen molar-refractivity contribution in [2.75, 3.05) is 0 Å². The molecule has 0 saturated carbocycles. The number of nitrogens with zero attached hydrogens (tertiary/aromatic N) is 2. The van der Waals surface area contributed by atoms with Crippen molar-refractivity contribution in [3.05, 3.63) is 45.6 Å². The number of hydrogen-bond donors (Lipinski definition) is 1. The van der Waals surface area contributed by atoms with E-state index >= 15 is 0 Å². The number of aromatic nitrogens is 1. The maximum Gasteiger partial charge on any atom is 0.259 e. The SMILES string of the molecule is CC(C)c1ncc(S(N)(=O)=NC(=O)Cc2c(C(C)C)ccc3c2CCC3)s1. The highest BCUT2D eigenvalue weighted by molar-refractivity contribution is 7.93. The van der Waals surface area contributed by atoms with Crippen LogP contribution in [0.4, 0.5) is 0 Å². The van der Waals surface area contributed by atoms with Crippen LogP contribution in [0.2, 0.25) is 0 Å². The summed E-state index contributed by atoms with van der Waals surface area (Å²) in [6, 6.07) is 4.30. The van der Waals surface area contributed by atoms with Crippen LogP contribution in [-0.2, 0) is 34.0 Å². The highest BCUT2D eigenvalue weighted by atomic mass is 32.2. The Morgan fingerprint density at radius 2 is 2.00 bits per heavy atom. The highest BCUT2D eigenvalue weighted by Crippen LogP contribution is 2.32. The first-order chi connectivity index (χ1) is 12.7. The summed E-state index contributed by atoms with van der Waals surface area (Å²) in [5.41, 5.74) is 4.81. The van der Waals surface area contributed by atoms with E-state index in [2.05, 4.69) is 35.3 Å². The summed E-state index contributed by atoms with van der Waals surface area (Å²) >= 11 is 1.27. The molecule has 0 saturated heterocycles. The van der Waals surface area contributed by atoms with Crippen molar-refractivity contribution < 1.29 is 9.00 Å². The van der Waals surface area contributed by atoms with Crippen LogP contribution in [-0.4, -0.2) is 15.1 Å². The van der Waals surface area contributed by atoms with Crippen molar-refractivity contribution in [3.8, 4) is 0 Å². The molecule has 7 heteroatoms. The van der Waals surface area contributed by atoms with Gasteiger partial charge in [-0.25, -0.2) is 14.3 Å². The van der Waals surface area contributed by atoms with Crippen molar-refractivity contribution in [3.63, 3.8) is 0 Å². The van der Waals surface area contributed by atoms with Gasteiger partial charge in [0.1, 0.15) is 4.21 Å². The fourth-order valence-electron chi connectivity index (χ4n) is 3.56. The Kier molecular flexibility index (Phi) is 5.84. The summed E-state index contributed by atoms with van der Waals surface area (Å²) in [5.74, 6) is 0.107. The molecule has 2 aromatic rings. The van der Waals surface area contributed by atoms with Crippen LogP contribution in [0.5, 0.6) is 0 Å². The van der Waals surface area contributed by atoms with Gasteiger partial charge in [0.25, 0.3) is 5.91 Å². The zero-order valence-corrected chi connectivity index (χ0v) is 18.0. The van der Waals surface area contributed by atoms with Crippen LogP contribution in [0, 0.1) is 0 Å². The smallest absolute Gasteiger partial charge is 0.259 e. The molecule has 0 fully saturated rings. The minimum Gasteiger partial charge on any atom is -0.272 e. The molecule has 1 aromatic heterocycles. The van der Waals surface area contributed by atoms with E-state index in [4.69, 9.17) is 5.14 Å². The Bertz CT molecular complexity index is 983. The predicted molar refractivity (Wildman–Crippen MR) is 110 cm³/mol. The molecule has 146 valence electrons. The summed E-state index contributed by atoms with van der Waals surface area (Å²) in [5, 5.41) is 6.77. The monoisotopic (exact) mass is 405 g/mol. The average molecular weight is 406 g/mol. The van der Waals surface area contributed by atoms with Gasteiger partial charge in [0.05, 0.1) is 17.6 Å². The minimum atomic E-state index is -3.26.